The normalized spacial score (nSPS) is 10.6. The summed E-state index contributed by atoms with van der Waals surface area (Å²) in [7, 11) is 0. The molecule has 0 bridgehead atoms. The lowest BCUT2D eigenvalue weighted by Gasteiger charge is -2.03. The van der Waals surface area contributed by atoms with Gasteiger partial charge in [0.2, 0.25) is 5.91 Å². The number of pyridine rings is 1. The number of rotatable bonds is 5. The third kappa shape index (κ3) is 4.64. The molecule has 2 aromatic heterocycles. The van der Waals surface area contributed by atoms with Crippen molar-refractivity contribution in [3.8, 4) is 11.3 Å². The predicted molar refractivity (Wildman–Crippen MR) is 102 cm³/mol. The maximum absolute atomic E-state index is 12.0. The average Bonchev–Trinajstić information content (AvgIpc) is 3.05. The maximum Gasteiger partial charge on any atom is 0.251 e. The van der Waals surface area contributed by atoms with Crippen LogP contribution in [-0.4, -0.2) is 16.6 Å². The highest BCUT2D eigenvalue weighted by molar-refractivity contribution is 7.99. The first-order valence-corrected chi connectivity index (χ1v) is 9.67. The Morgan fingerprint density at radius 3 is 2.88 bits per heavy atom. The van der Waals surface area contributed by atoms with Crippen LogP contribution >= 0.6 is 46.3 Å². The van der Waals surface area contributed by atoms with Crippen molar-refractivity contribution < 1.29 is 9.52 Å². The highest BCUT2D eigenvalue weighted by atomic mass is 35.5. The lowest BCUT2D eigenvalue weighted by molar-refractivity contribution is -0.645. The molecule has 0 spiro atoms. The van der Waals surface area contributed by atoms with Crippen molar-refractivity contribution >= 4 is 57.3 Å². The molecule has 5 nitrogen and oxygen atoms in total. The van der Waals surface area contributed by atoms with Gasteiger partial charge in [-0.25, -0.2) is 4.98 Å². The Kier molecular flexibility index (Phi) is 5.80. The van der Waals surface area contributed by atoms with Crippen molar-refractivity contribution in [1.82, 2.24) is 4.98 Å². The van der Waals surface area contributed by atoms with Gasteiger partial charge in [-0.1, -0.05) is 29.3 Å². The summed E-state index contributed by atoms with van der Waals surface area (Å²) in [4.78, 5) is 16.4. The number of thioether (sulfide) groups is 1. The largest absolute Gasteiger partial charge is 0.618 e. The van der Waals surface area contributed by atoms with E-state index in [1.165, 1.54) is 17.5 Å². The van der Waals surface area contributed by atoms with E-state index < -0.39 is 0 Å². The van der Waals surface area contributed by atoms with E-state index in [0.29, 0.717) is 25.9 Å². The number of aromatic nitrogens is 2. The van der Waals surface area contributed by atoms with Crippen LogP contribution in [0.2, 0.25) is 10.0 Å². The van der Waals surface area contributed by atoms with Crippen LogP contribution in [0.25, 0.3) is 11.3 Å². The Labute approximate surface area is 162 Å². The molecule has 1 N–H and O–H groups in total. The van der Waals surface area contributed by atoms with Gasteiger partial charge in [0, 0.05) is 23.1 Å². The highest BCUT2D eigenvalue weighted by Gasteiger charge is 2.12. The quantitative estimate of drug-likeness (QED) is 0.381. The summed E-state index contributed by atoms with van der Waals surface area (Å²) in [5, 5.41) is 18.0. The first kappa shape index (κ1) is 18.0. The van der Waals surface area contributed by atoms with Crippen LogP contribution in [0.15, 0.2) is 53.0 Å². The minimum absolute atomic E-state index is 0.119. The van der Waals surface area contributed by atoms with Crippen molar-refractivity contribution in [3.05, 3.63) is 63.2 Å². The number of hydrogen-bond acceptors (Lipinski definition) is 5. The van der Waals surface area contributed by atoms with Crippen molar-refractivity contribution in [2.75, 3.05) is 11.1 Å². The van der Waals surface area contributed by atoms with E-state index in [1.807, 2.05) is 11.4 Å². The van der Waals surface area contributed by atoms with Gasteiger partial charge in [-0.2, -0.15) is 4.73 Å². The van der Waals surface area contributed by atoms with Gasteiger partial charge in [0.25, 0.3) is 5.03 Å². The summed E-state index contributed by atoms with van der Waals surface area (Å²) in [5.41, 5.74) is 1.52. The van der Waals surface area contributed by atoms with Gasteiger partial charge in [0.1, 0.15) is 0 Å². The molecule has 0 atom stereocenters. The van der Waals surface area contributed by atoms with Crippen molar-refractivity contribution in [3.63, 3.8) is 0 Å². The fourth-order valence-electron chi connectivity index (χ4n) is 1.94. The Hall–Kier alpha value is -1.80. The fraction of sp³-hybridized carbons (Fsp3) is 0.0625. The lowest BCUT2D eigenvalue weighted by atomic mass is 10.2. The van der Waals surface area contributed by atoms with E-state index in [9.17, 15) is 10.0 Å². The fourth-order valence-corrected chi connectivity index (χ4v) is 3.69. The van der Waals surface area contributed by atoms with E-state index in [2.05, 4.69) is 10.3 Å². The number of halogens is 2. The molecule has 9 heteroatoms. The maximum atomic E-state index is 12.0. The molecule has 0 saturated heterocycles. The summed E-state index contributed by atoms with van der Waals surface area (Å²) in [6.07, 6.45) is 1.39. The molecule has 25 heavy (non-hydrogen) atoms. The Morgan fingerprint density at radius 2 is 2.12 bits per heavy atom. The zero-order valence-electron chi connectivity index (χ0n) is 12.6. The van der Waals surface area contributed by atoms with Gasteiger partial charge in [0.15, 0.2) is 11.3 Å². The van der Waals surface area contributed by atoms with Gasteiger partial charge in [0.05, 0.1) is 21.5 Å². The zero-order chi connectivity index (χ0) is 17.8. The van der Waals surface area contributed by atoms with Crippen LogP contribution in [0, 0.1) is 5.21 Å². The first-order chi connectivity index (χ1) is 12.0. The van der Waals surface area contributed by atoms with Crippen LogP contribution in [0.4, 0.5) is 5.13 Å². The molecule has 0 radical (unpaired) electrons. The van der Waals surface area contributed by atoms with Gasteiger partial charge >= 0.3 is 0 Å². The SMILES string of the molecule is O=C(CSc1cccc[n+]1[O-])Nc1nc(-c2ccc(Cl)c(Cl)c2)cs1. The van der Waals surface area contributed by atoms with Gasteiger partial charge < -0.3 is 10.5 Å². The third-order valence-corrected chi connectivity index (χ3v) is 5.62. The zero-order valence-corrected chi connectivity index (χ0v) is 15.8. The molecule has 0 aliphatic heterocycles. The molecule has 3 aromatic rings. The Bertz CT molecular complexity index is 918. The summed E-state index contributed by atoms with van der Waals surface area (Å²) in [6.45, 7) is 0. The van der Waals surface area contributed by atoms with E-state index in [1.54, 1.807) is 30.3 Å². The van der Waals surface area contributed by atoms with E-state index in [4.69, 9.17) is 23.2 Å². The molecule has 0 fully saturated rings. The van der Waals surface area contributed by atoms with Crippen molar-refractivity contribution in [1.29, 1.82) is 0 Å². The molecular weight excluding hydrogens is 401 g/mol. The molecule has 0 unspecified atom stereocenters. The van der Waals surface area contributed by atoms with Crippen LogP contribution < -0.4 is 10.0 Å². The minimum atomic E-state index is -0.233. The second kappa shape index (κ2) is 8.05. The number of benzene rings is 1. The summed E-state index contributed by atoms with van der Waals surface area (Å²) in [5.74, 6) is -0.114. The van der Waals surface area contributed by atoms with Crippen LogP contribution in [-0.2, 0) is 4.79 Å². The summed E-state index contributed by atoms with van der Waals surface area (Å²) >= 11 is 14.4. The molecule has 3 rings (SSSR count). The van der Waals surface area contributed by atoms with Crippen molar-refractivity contribution in [2.45, 2.75) is 5.03 Å². The number of nitrogens with zero attached hydrogens (tertiary/aromatic N) is 2. The number of anilines is 1. The first-order valence-electron chi connectivity index (χ1n) is 7.05. The Morgan fingerprint density at radius 1 is 1.28 bits per heavy atom. The second-order valence-corrected chi connectivity index (χ2v) is 7.54. The van der Waals surface area contributed by atoms with Crippen LogP contribution in [0.3, 0.4) is 0 Å². The second-order valence-electron chi connectivity index (χ2n) is 4.87. The van der Waals surface area contributed by atoms with Gasteiger partial charge in [-0.05, 0) is 30.0 Å². The topological polar surface area (TPSA) is 68.9 Å². The third-order valence-electron chi connectivity index (χ3n) is 3.11. The molecular formula is C16H11Cl2N3O2S2. The van der Waals surface area contributed by atoms with E-state index >= 15 is 0 Å². The molecule has 1 aromatic carbocycles. The standard InChI is InChI=1S/C16H11Cl2N3O2S2/c17-11-5-4-10(7-12(11)18)13-8-25-16(19-13)20-14(22)9-24-15-3-1-2-6-21(15)23/h1-8H,9H2,(H,19,20,22). The smallest absolute Gasteiger partial charge is 0.251 e. The molecule has 128 valence electrons. The van der Waals surface area contributed by atoms with Crippen LogP contribution in [0.1, 0.15) is 0 Å². The van der Waals surface area contributed by atoms with Crippen molar-refractivity contribution in [2.24, 2.45) is 0 Å². The van der Waals surface area contributed by atoms with Gasteiger partial charge in [-0.3, -0.25) is 4.79 Å². The minimum Gasteiger partial charge on any atom is -0.618 e. The predicted octanol–water partition coefficient (Wildman–Crippen LogP) is 4.48. The van der Waals surface area contributed by atoms with Gasteiger partial charge in [-0.15, -0.1) is 11.3 Å². The number of nitrogens with one attached hydrogen (secondary N) is 1. The van der Waals surface area contributed by atoms with Crippen LogP contribution in [0.5, 0.6) is 0 Å². The number of carbonyl (C=O) groups excluding carboxylic acids is 1. The number of carbonyl (C=O) groups is 1. The summed E-state index contributed by atoms with van der Waals surface area (Å²) < 4.78 is 0.726. The van der Waals surface area contributed by atoms with E-state index in [-0.39, 0.29) is 11.7 Å². The molecule has 1 amide bonds. The lowest BCUT2D eigenvalue weighted by Crippen LogP contribution is -2.28. The molecule has 0 aliphatic rings. The number of hydrogen-bond donors (Lipinski definition) is 1. The van der Waals surface area contributed by atoms with E-state index in [0.717, 1.165) is 22.1 Å². The molecule has 0 aliphatic carbocycles. The monoisotopic (exact) mass is 411 g/mol. The molecule has 0 saturated carbocycles. The summed E-state index contributed by atoms with van der Waals surface area (Å²) in [6, 6.07) is 10.3. The average molecular weight is 412 g/mol. The number of amides is 1. The Balaban J connectivity index is 1.62. The highest BCUT2D eigenvalue weighted by Crippen LogP contribution is 2.30. The molecule has 2 heterocycles. The number of thiazole rings is 1.